The molecule has 0 unspecified atom stereocenters. The van der Waals surface area contributed by atoms with Gasteiger partial charge in [0, 0.05) is 12.1 Å². The van der Waals surface area contributed by atoms with Gasteiger partial charge in [-0.25, -0.2) is 4.79 Å². The van der Waals surface area contributed by atoms with Crippen LogP contribution in [0.2, 0.25) is 0 Å². The van der Waals surface area contributed by atoms with Gasteiger partial charge in [0.25, 0.3) is 5.91 Å². The molecule has 1 N–H and O–H groups in total. The summed E-state index contributed by atoms with van der Waals surface area (Å²) in [4.78, 5) is 53.6. The lowest BCUT2D eigenvalue weighted by molar-refractivity contribution is -0.160. The predicted octanol–water partition coefficient (Wildman–Crippen LogP) is 3.21. The Balaban J connectivity index is 1.27. The Kier molecular flexibility index (Phi) is 6.76. The number of ether oxygens (including phenoxy) is 2. The molecule has 2 bridgehead atoms. The van der Waals surface area contributed by atoms with E-state index in [9.17, 15) is 19.2 Å². The molecule has 1 heterocycles. The maximum absolute atomic E-state index is 13.4. The quantitative estimate of drug-likeness (QED) is 0.428. The highest BCUT2D eigenvalue weighted by Crippen LogP contribution is 2.56. The van der Waals surface area contributed by atoms with E-state index >= 15 is 0 Å². The van der Waals surface area contributed by atoms with Gasteiger partial charge in [0.1, 0.15) is 11.8 Å². The number of nitrogens with zero attached hydrogens (tertiary/aromatic N) is 1. The second kappa shape index (κ2) is 10.1. The number of nitrogens with one attached hydrogen (secondary N) is 1. The van der Waals surface area contributed by atoms with Crippen molar-refractivity contribution in [1.29, 1.82) is 0 Å². The Morgan fingerprint density at radius 1 is 0.972 bits per heavy atom. The Hall–Kier alpha value is -3.68. The van der Waals surface area contributed by atoms with E-state index in [1.165, 1.54) is 0 Å². The highest BCUT2D eigenvalue weighted by Gasteiger charge is 2.62. The Morgan fingerprint density at radius 2 is 1.61 bits per heavy atom. The number of imide groups is 1. The van der Waals surface area contributed by atoms with Gasteiger partial charge in [0.05, 0.1) is 18.4 Å². The molecule has 5 rings (SSSR count). The second-order valence-corrected chi connectivity index (χ2v) is 9.75. The van der Waals surface area contributed by atoms with Crippen molar-refractivity contribution in [3.05, 3.63) is 60.2 Å². The molecule has 0 spiro atoms. The summed E-state index contributed by atoms with van der Waals surface area (Å²) in [6, 6.07) is 15.0. The third-order valence-electron chi connectivity index (χ3n) is 7.61. The van der Waals surface area contributed by atoms with Crippen molar-refractivity contribution in [3.63, 3.8) is 0 Å². The van der Waals surface area contributed by atoms with Gasteiger partial charge >= 0.3 is 5.97 Å². The van der Waals surface area contributed by atoms with Crippen molar-refractivity contribution in [1.82, 2.24) is 4.90 Å². The molecular formula is C28H30N2O6. The van der Waals surface area contributed by atoms with Gasteiger partial charge in [0.2, 0.25) is 11.8 Å². The molecule has 8 nitrogen and oxygen atoms in total. The van der Waals surface area contributed by atoms with E-state index in [2.05, 4.69) is 5.32 Å². The van der Waals surface area contributed by atoms with Crippen LogP contribution in [0.25, 0.3) is 0 Å². The predicted molar refractivity (Wildman–Crippen MR) is 131 cm³/mol. The molecular weight excluding hydrogens is 460 g/mol. The van der Waals surface area contributed by atoms with Crippen LogP contribution in [0.3, 0.4) is 0 Å². The maximum atomic E-state index is 13.4. The first kappa shape index (κ1) is 24.0. The van der Waals surface area contributed by atoms with Gasteiger partial charge in [-0.2, -0.15) is 0 Å². The molecule has 3 amide bonds. The van der Waals surface area contributed by atoms with Crippen LogP contribution >= 0.6 is 0 Å². The van der Waals surface area contributed by atoms with Crippen molar-refractivity contribution < 1.29 is 28.7 Å². The first-order valence-electron chi connectivity index (χ1n) is 12.6. The number of carbonyl (C=O) groups excluding carboxylic acids is 4. The molecule has 5 atom stereocenters. The fourth-order valence-electron chi connectivity index (χ4n) is 6.09. The van der Waals surface area contributed by atoms with Crippen molar-refractivity contribution in [2.45, 2.75) is 38.6 Å². The molecule has 2 aromatic carbocycles. The number of carbonyl (C=O) groups is 4. The minimum atomic E-state index is -1.10. The van der Waals surface area contributed by atoms with Crippen molar-refractivity contribution in [2.24, 2.45) is 23.7 Å². The maximum Gasteiger partial charge on any atom is 0.330 e. The molecule has 8 heteroatoms. The molecule has 3 fully saturated rings. The second-order valence-electron chi connectivity index (χ2n) is 9.75. The Bertz CT molecular complexity index is 1120. The summed E-state index contributed by atoms with van der Waals surface area (Å²) in [6.07, 6.45) is 2.98. The van der Waals surface area contributed by atoms with Crippen LogP contribution in [0.1, 0.15) is 31.7 Å². The highest BCUT2D eigenvalue weighted by atomic mass is 16.5. The fraction of sp³-hybridized carbons (Fsp3) is 0.429. The SMILES string of the molecule is CCOc1ccc(NC(=O)COC(=O)[C@H](Cc2ccccc2)N2C(=O)[C@@H]3[C@H]4CC[C@@H](C4)[C@H]3C2=O)cc1. The highest BCUT2D eigenvalue weighted by molar-refractivity contribution is 6.08. The van der Waals surface area contributed by atoms with Gasteiger partial charge in [-0.3, -0.25) is 19.3 Å². The van der Waals surface area contributed by atoms with Gasteiger partial charge < -0.3 is 14.8 Å². The summed E-state index contributed by atoms with van der Waals surface area (Å²) in [5, 5.41) is 2.68. The van der Waals surface area contributed by atoms with Gasteiger partial charge in [-0.15, -0.1) is 0 Å². The van der Waals surface area contributed by atoms with Gasteiger partial charge in [-0.1, -0.05) is 30.3 Å². The lowest BCUT2D eigenvalue weighted by Crippen LogP contribution is -2.48. The molecule has 1 aliphatic heterocycles. The number of rotatable bonds is 9. The number of hydrogen-bond acceptors (Lipinski definition) is 6. The van der Waals surface area contributed by atoms with Gasteiger partial charge in [0.15, 0.2) is 6.61 Å². The largest absolute Gasteiger partial charge is 0.494 e. The molecule has 188 valence electrons. The lowest BCUT2D eigenvalue weighted by atomic mass is 9.81. The third-order valence-corrected chi connectivity index (χ3v) is 7.61. The van der Waals surface area contributed by atoms with Crippen molar-refractivity contribution >= 4 is 29.4 Å². The average Bonchev–Trinajstić information content (AvgIpc) is 3.57. The minimum Gasteiger partial charge on any atom is -0.494 e. The monoisotopic (exact) mass is 490 g/mol. The zero-order valence-electron chi connectivity index (χ0n) is 20.2. The number of hydrogen-bond donors (Lipinski definition) is 1. The van der Waals surface area contributed by atoms with E-state index in [0.717, 1.165) is 29.7 Å². The number of amides is 3. The van der Waals surface area contributed by atoms with E-state index in [-0.39, 0.29) is 41.9 Å². The summed E-state index contributed by atoms with van der Waals surface area (Å²) in [6.45, 7) is 1.90. The van der Waals surface area contributed by atoms with E-state index in [1.807, 2.05) is 37.3 Å². The van der Waals surface area contributed by atoms with Crippen LogP contribution in [-0.4, -0.2) is 47.8 Å². The summed E-state index contributed by atoms with van der Waals surface area (Å²) in [7, 11) is 0. The average molecular weight is 491 g/mol. The van der Waals surface area contributed by atoms with Crippen molar-refractivity contribution in [3.8, 4) is 5.75 Å². The molecule has 0 radical (unpaired) electrons. The van der Waals surface area contributed by atoms with Crippen LogP contribution in [0.5, 0.6) is 5.75 Å². The third kappa shape index (κ3) is 4.59. The summed E-state index contributed by atoms with van der Waals surface area (Å²) < 4.78 is 10.7. The van der Waals surface area contributed by atoms with E-state index < -0.39 is 24.5 Å². The Labute approximate surface area is 209 Å². The number of fused-ring (bicyclic) bond motifs is 5. The molecule has 1 saturated heterocycles. The first-order valence-corrected chi connectivity index (χ1v) is 12.6. The topological polar surface area (TPSA) is 102 Å². The fourth-order valence-corrected chi connectivity index (χ4v) is 6.09. The van der Waals surface area contributed by atoms with E-state index in [1.54, 1.807) is 24.3 Å². The Morgan fingerprint density at radius 3 is 2.22 bits per heavy atom. The van der Waals surface area contributed by atoms with Crippen LogP contribution in [0.4, 0.5) is 5.69 Å². The number of benzene rings is 2. The number of likely N-dealkylation sites (tertiary alicyclic amines) is 1. The number of esters is 1. The van der Waals surface area contributed by atoms with E-state index in [4.69, 9.17) is 9.47 Å². The van der Waals surface area contributed by atoms with Crippen molar-refractivity contribution in [2.75, 3.05) is 18.5 Å². The zero-order chi connectivity index (χ0) is 25.2. The smallest absolute Gasteiger partial charge is 0.330 e. The standard InChI is InChI=1S/C28H30N2O6/c1-2-35-21-12-10-20(11-13-21)29-23(31)16-36-28(34)22(14-17-6-4-3-5-7-17)30-26(32)24-18-8-9-19(15-18)25(24)27(30)33/h3-7,10-13,18-19,22,24-25H,2,8-9,14-16H2,1H3,(H,29,31)/t18-,19-,22-,24+,25+/m0/s1. The number of anilines is 1. The first-order chi connectivity index (χ1) is 17.5. The molecule has 2 aromatic rings. The van der Waals surface area contributed by atoms with Gasteiger partial charge in [-0.05, 0) is 67.9 Å². The molecule has 36 heavy (non-hydrogen) atoms. The zero-order valence-corrected chi connectivity index (χ0v) is 20.2. The van der Waals surface area contributed by atoms with Crippen LogP contribution in [0, 0.1) is 23.7 Å². The van der Waals surface area contributed by atoms with E-state index in [0.29, 0.717) is 18.0 Å². The van der Waals surface area contributed by atoms with Crippen LogP contribution < -0.4 is 10.1 Å². The summed E-state index contributed by atoms with van der Waals surface area (Å²) >= 11 is 0. The minimum absolute atomic E-state index is 0.145. The molecule has 2 aliphatic carbocycles. The lowest BCUT2D eigenvalue weighted by Gasteiger charge is -2.26. The van der Waals surface area contributed by atoms with Crippen LogP contribution in [0.15, 0.2) is 54.6 Å². The summed E-state index contributed by atoms with van der Waals surface area (Å²) in [5.74, 6) is -1.35. The molecule has 3 aliphatic rings. The molecule has 0 aromatic heterocycles. The molecule has 2 saturated carbocycles. The summed E-state index contributed by atoms with van der Waals surface area (Å²) in [5.41, 5.74) is 1.34. The van der Waals surface area contributed by atoms with Crippen LogP contribution in [-0.2, 0) is 30.3 Å². The normalized spacial score (nSPS) is 25.0.